The quantitative estimate of drug-likeness (QED) is 0.927. The van der Waals surface area contributed by atoms with E-state index in [0.717, 1.165) is 43.6 Å². The van der Waals surface area contributed by atoms with Crippen molar-refractivity contribution in [2.24, 2.45) is 16.6 Å². The summed E-state index contributed by atoms with van der Waals surface area (Å²) < 4.78 is 5.45. The van der Waals surface area contributed by atoms with E-state index < -0.39 is 0 Å². The lowest BCUT2D eigenvalue weighted by molar-refractivity contribution is 0.166. The van der Waals surface area contributed by atoms with Crippen molar-refractivity contribution in [2.45, 2.75) is 37.6 Å². The summed E-state index contributed by atoms with van der Waals surface area (Å²) in [6.45, 7) is 1.86. The number of benzene rings is 1. The molecule has 3 aliphatic rings. The Morgan fingerprint density at radius 3 is 3.05 bits per heavy atom. The van der Waals surface area contributed by atoms with Gasteiger partial charge in [0.05, 0.1) is 19.2 Å². The second kappa shape index (κ2) is 4.65. The monoisotopic (exact) mass is 285 g/mol. The molecule has 1 saturated carbocycles. The zero-order chi connectivity index (χ0) is 14.4. The van der Waals surface area contributed by atoms with Crippen LogP contribution in [0.2, 0.25) is 0 Å². The number of hydrogen-bond donors (Lipinski definition) is 1. The normalized spacial score (nSPS) is 27.7. The number of fused-ring (bicyclic) bond motifs is 2. The molecule has 0 radical (unpaired) electrons. The molecule has 1 spiro atoms. The lowest BCUT2D eigenvalue weighted by atomic mass is 9.75. The van der Waals surface area contributed by atoms with Crippen molar-refractivity contribution in [3.63, 3.8) is 0 Å². The number of aliphatic imine (C=N–C) groups is 1. The van der Waals surface area contributed by atoms with Gasteiger partial charge < -0.3 is 15.4 Å². The fourth-order valence-electron chi connectivity index (χ4n) is 3.91. The summed E-state index contributed by atoms with van der Waals surface area (Å²) in [6, 6.07) is 6.50. The van der Waals surface area contributed by atoms with Crippen LogP contribution in [0.3, 0.4) is 0 Å². The van der Waals surface area contributed by atoms with Crippen LogP contribution in [0.5, 0.6) is 5.75 Å². The minimum atomic E-state index is -0.0191. The van der Waals surface area contributed by atoms with Gasteiger partial charge in [0.1, 0.15) is 5.75 Å². The molecule has 0 bridgehead atoms. The Balaban J connectivity index is 1.77. The van der Waals surface area contributed by atoms with Crippen molar-refractivity contribution in [3.8, 4) is 5.75 Å². The van der Waals surface area contributed by atoms with Crippen LogP contribution in [-0.4, -0.2) is 31.1 Å². The van der Waals surface area contributed by atoms with E-state index in [4.69, 9.17) is 10.5 Å². The highest BCUT2D eigenvalue weighted by molar-refractivity contribution is 5.81. The molecular weight excluding hydrogens is 262 g/mol. The maximum Gasteiger partial charge on any atom is 0.192 e. The van der Waals surface area contributed by atoms with E-state index in [1.165, 1.54) is 30.4 Å². The maximum atomic E-state index is 6.23. The summed E-state index contributed by atoms with van der Waals surface area (Å²) in [6.07, 6.45) is 6.18. The van der Waals surface area contributed by atoms with Crippen LogP contribution in [0.4, 0.5) is 0 Å². The molecular formula is C17H23N3O. The summed E-state index contributed by atoms with van der Waals surface area (Å²) in [5.74, 6) is 2.48. The number of hydrogen-bond acceptors (Lipinski definition) is 4. The predicted octanol–water partition coefficient (Wildman–Crippen LogP) is 2.27. The van der Waals surface area contributed by atoms with Crippen molar-refractivity contribution in [3.05, 3.63) is 29.3 Å². The third-order valence-corrected chi connectivity index (χ3v) is 5.29. The SMILES string of the molecule is COc1ccc2c(c1)C1(CCC2)CN=C(N)N1CC1CC1. The largest absolute Gasteiger partial charge is 0.497 e. The Morgan fingerprint density at radius 1 is 1.43 bits per heavy atom. The van der Waals surface area contributed by atoms with Gasteiger partial charge in [-0.05, 0) is 61.3 Å². The second-order valence-electron chi connectivity index (χ2n) is 6.64. The molecule has 1 heterocycles. The van der Waals surface area contributed by atoms with E-state index in [9.17, 15) is 0 Å². The van der Waals surface area contributed by atoms with Gasteiger partial charge in [-0.3, -0.25) is 4.99 Å². The first-order valence-corrected chi connectivity index (χ1v) is 7.98. The molecule has 2 aliphatic carbocycles. The molecule has 112 valence electrons. The average Bonchev–Trinajstić information content (AvgIpc) is 3.28. The molecule has 1 atom stereocenters. The molecule has 1 aromatic carbocycles. The van der Waals surface area contributed by atoms with Crippen molar-refractivity contribution in [1.29, 1.82) is 0 Å². The summed E-state index contributed by atoms with van der Waals surface area (Å²) >= 11 is 0. The van der Waals surface area contributed by atoms with Crippen molar-refractivity contribution < 1.29 is 4.74 Å². The molecule has 4 rings (SSSR count). The van der Waals surface area contributed by atoms with Crippen LogP contribution >= 0.6 is 0 Å². The van der Waals surface area contributed by atoms with E-state index in [1.54, 1.807) is 7.11 Å². The number of nitrogens with zero attached hydrogens (tertiary/aromatic N) is 2. The highest BCUT2D eigenvalue weighted by atomic mass is 16.5. The topological polar surface area (TPSA) is 50.9 Å². The van der Waals surface area contributed by atoms with Crippen LogP contribution in [0.1, 0.15) is 36.8 Å². The van der Waals surface area contributed by atoms with Gasteiger partial charge >= 0.3 is 0 Å². The van der Waals surface area contributed by atoms with Crippen LogP contribution in [0, 0.1) is 5.92 Å². The average molecular weight is 285 g/mol. The van der Waals surface area contributed by atoms with Crippen LogP contribution < -0.4 is 10.5 Å². The maximum absolute atomic E-state index is 6.23. The number of guanidine groups is 1. The van der Waals surface area contributed by atoms with Gasteiger partial charge in [-0.15, -0.1) is 0 Å². The van der Waals surface area contributed by atoms with Crippen molar-refractivity contribution in [2.75, 3.05) is 20.2 Å². The molecule has 4 heteroatoms. The molecule has 4 nitrogen and oxygen atoms in total. The summed E-state index contributed by atoms with van der Waals surface area (Å²) in [4.78, 5) is 7.00. The van der Waals surface area contributed by atoms with Gasteiger partial charge in [-0.1, -0.05) is 6.07 Å². The molecule has 1 fully saturated rings. The highest BCUT2D eigenvalue weighted by Crippen LogP contribution is 2.46. The Hall–Kier alpha value is -1.71. The van der Waals surface area contributed by atoms with Gasteiger partial charge in [0.25, 0.3) is 0 Å². The molecule has 21 heavy (non-hydrogen) atoms. The molecule has 1 aromatic rings. The van der Waals surface area contributed by atoms with Gasteiger partial charge in [-0.2, -0.15) is 0 Å². The molecule has 1 unspecified atom stereocenters. The van der Waals surface area contributed by atoms with E-state index in [1.807, 2.05) is 0 Å². The molecule has 2 N–H and O–H groups in total. The van der Waals surface area contributed by atoms with Crippen LogP contribution in [0.25, 0.3) is 0 Å². The van der Waals surface area contributed by atoms with E-state index in [2.05, 4.69) is 28.1 Å². The highest BCUT2D eigenvalue weighted by Gasteiger charge is 2.47. The minimum absolute atomic E-state index is 0.0191. The lowest BCUT2D eigenvalue weighted by Crippen LogP contribution is -2.51. The van der Waals surface area contributed by atoms with Gasteiger partial charge in [0.15, 0.2) is 5.96 Å². The lowest BCUT2D eigenvalue weighted by Gasteiger charge is -2.43. The number of methoxy groups -OCH3 is 1. The van der Waals surface area contributed by atoms with E-state index >= 15 is 0 Å². The predicted molar refractivity (Wildman–Crippen MR) is 83.5 cm³/mol. The van der Waals surface area contributed by atoms with E-state index in [-0.39, 0.29) is 5.54 Å². The zero-order valence-corrected chi connectivity index (χ0v) is 12.6. The van der Waals surface area contributed by atoms with Gasteiger partial charge in [0.2, 0.25) is 0 Å². The third-order valence-electron chi connectivity index (χ3n) is 5.29. The number of ether oxygens (including phenoxy) is 1. The first kappa shape index (κ1) is 13.0. The fourth-order valence-corrected chi connectivity index (χ4v) is 3.91. The van der Waals surface area contributed by atoms with E-state index in [0.29, 0.717) is 0 Å². The molecule has 0 amide bonds. The summed E-state index contributed by atoms with van der Waals surface area (Å²) in [5.41, 5.74) is 9.04. The summed E-state index contributed by atoms with van der Waals surface area (Å²) in [5, 5.41) is 0. The third kappa shape index (κ3) is 2.00. The summed E-state index contributed by atoms with van der Waals surface area (Å²) in [7, 11) is 1.73. The minimum Gasteiger partial charge on any atom is -0.497 e. The smallest absolute Gasteiger partial charge is 0.192 e. The van der Waals surface area contributed by atoms with Crippen molar-refractivity contribution in [1.82, 2.24) is 4.90 Å². The first-order valence-electron chi connectivity index (χ1n) is 7.98. The second-order valence-corrected chi connectivity index (χ2v) is 6.64. The molecule has 1 aliphatic heterocycles. The Kier molecular flexibility index (Phi) is 2.88. The Bertz CT molecular complexity index is 594. The Labute approximate surface area is 126 Å². The number of rotatable bonds is 3. The van der Waals surface area contributed by atoms with Gasteiger partial charge in [-0.25, -0.2) is 0 Å². The first-order chi connectivity index (χ1) is 10.2. The van der Waals surface area contributed by atoms with Gasteiger partial charge in [0, 0.05) is 6.54 Å². The zero-order valence-electron chi connectivity index (χ0n) is 12.6. The van der Waals surface area contributed by atoms with Crippen molar-refractivity contribution >= 4 is 5.96 Å². The van der Waals surface area contributed by atoms with Crippen LogP contribution in [-0.2, 0) is 12.0 Å². The number of nitrogens with two attached hydrogens (primary N) is 1. The number of aryl methyl sites for hydroxylation is 1. The fraction of sp³-hybridized carbons (Fsp3) is 0.588. The molecule has 0 aromatic heterocycles. The standard InChI is InChI=1S/C17H23N3O/c1-21-14-7-6-13-3-2-8-17(15(13)9-14)11-19-16(18)20(17)10-12-4-5-12/h6-7,9,12H,2-5,8,10-11H2,1H3,(H2,18,19). The molecule has 0 saturated heterocycles. The van der Waals surface area contributed by atoms with Crippen LogP contribution in [0.15, 0.2) is 23.2 Å². The Morgan fingerprint density at radius 2 is 2.29 bits per heavy atom.